The molecule has 1 aliphatic rings. The van der Waals surface area contributed by atoms with Crippen LogP contribution < -0.4 is 10.1 Å². The highest BCUT2D eigenvalue weighted by atomic mass is 35.5. The van der Waals surface area contributed by atoms with Crippen LogP contribution in [0.5, 0.6) is 5.88 Å². The third-order valence-electron chi connectivity index (χ3n) is 2.02. The number of ether oxygens (including phenoxy) is 1. The highest BCUT2D eigenvalue weighted by Gasteiger charge is 2.17. The Kier molecular flexibility index (Phi) is 2.66. The summed E-state index contributed by atoms with van der Waals surface area (Å²) in [5, 5.41) is 3.79. The molecule has 0 aromatic carbocycles. The summed E-state index contributed by atoms with van der Waals surface area (Å²) >= 11 is 5.89. The van der Waals surface area contributed by atoms with Crippen molar-refractivity contribution in [2.24, 2.45) is 0 Å². The Labute approximate surface area is 82.1 Å². The predicted molar refractivity (Wildman–Crippen MR) is 51.1 cm³/mol. The number of nitrogens with one attached hydrogen (secondary N) is 1. The van der Waals surface area contributed by atoms with Crippen LogP contribution in [0.2, 0.25) is 5.02 Å². The molecule has 0 spiro atoms. The number of nitrogens with zero attached hydrogens (tertiary/aromatic N) is 1. The number of pyridine rings is 1. The molecule has 0 bridgehead atoms. The second kappa shape index (κ2) is 3.94. The zero-order valence-electron chi connectivity index (χ0n) is 7.16. The Balaban J connectivity index is 2.04. The number of aromatic nitrogens is 1. The maximum Gasteiger partial charge on any atom is 0.232 e. The predicted octanol–water partition coefficient (Wildman–Crippen LogP) is 1.48. The fourth-order valence-corrected chi connectivity index (χ4v) is 1.51. The van der Waals surface area contributed by atoms with Gasteiger partial charge in [0.15, 0.2) is 0 Å². The van der Waals surface area contributed by atoms with Crippen LogP contribution in [-0.2, 0) is 0 Å². The third-order valence-corrected chi connectivity index (χ3v) is 2.31. The largest absolute Gasteiger partial charge is 0.472 e. The Morgan fingerprint density at radius 2 is 2.54 bits per heavy atom. The van der Waals surface area contributed by atoms with Crippen LogP contribution in [-0.4, -0.2) is 24.2 Å². The van der Waals surface area contributed by atoms with E-state index in [4.69, 9.17) is 16.3 Å². The average Bonchev–Trinajstić information content (AvgIpc) is 2.61. The van der Waals surface area contributed by atoms with Gasteiger partial charge in [-0.15, -0.1) is 0 Å². The van der Waals surface area contributed by atoms with Crippen molar-refractivity contribution in [3.05, 3.63) is 23.4 Å². The molecule has 1 atom stereocenters. The molecule has 13 heavy (non-hydrogen) atoms. The van der Waals surface area contributed by atoms with Gasteiger partial charge in [0, 0.05) is 12.7 Å². The first-order chi connectivity index (χ1) is 6.36. The molecule has 2 heterocycles. The van der Waals surface area contributed by atoms with Gasteiger partial charge in [0.25, 0.3) is 0 Å². The lowest BCUT2D eigenvalue weighted by molar-refractivity contribution is 0.214. The van der Waals surface area contributed by atoms with Gasteiger partial charge in [0.2, 0.25) is 5.88 Å². The zero-order chi connectivity index (χ0) is 9.10. The van der Waals surface area contributed by atoms with E-state index in [1.807, 2.05) is 0 Å². The summed E-state index contributed by atoms with van der Waals surface area (Å²) in [6.07, 6.45) is 2.92. The summed E-state index contributed by atoms with van der Waals surface area (Å²) in [6, 6.07) is 3.58. The van der Waals surface area contributed by atoms with E-state index in [0.29, 0.717) is 10.9 Å². The smallest absolute Gasteiger partial charge is 0.232 e. The summed E-state index contributed by atoms with van der Waals surface area (Å²) < 4.78 is 5.60. The number of halogens is 1. The fourth-order valence-electron chi connectivity index (χ4n) is 1.34. The zero-order valence-corrected chi connectivity index (χ0v) is 7.92. The molecule has 1 fully saturated rings. The van der Waals surface area contributed by atoms with Crippen LogP contribution in [0.1, 0.15) is 6.42 Å². The van der Waals surface area contributed by atoms with Gasteiger partial charge in [-0.3, -0.25) is 0 Å². The maximum atomic E-state index is 5.89. The van der Waals surface area contributed by atoms with Crippen molar-refractivity contribution in [3.8, 4) is 5.88 Å². The maximum absolute atomic E-state index is 5.89. The molecule has 1 saturated heterocycles. The first kappa shape index (κ1) is 8.78. The molecular weight excluding hydrogens is 188 g/mol. The van der Waals surface area contributed by atoms with Crippen LogP contribution in [0.3, 0.4) is 0 Å². The molecule has 0 aliphatic carbocycles. The summed E-state index contributed by atoms with van der Waals surface area (Å²) in [4.78, 5) is 4.06. The standard InChI is InChI=1S/C9H11ClN2O/c10-8-2-1-4-12-9(8)13-7-3-5-11-6-7/h1-2,4,7,11H,3,5-6H2. The minimum Gasteiger partial charge on any atom is -0.472 e. The highest BCUT2D eigenvalue weighted by molar-refractivity contribution is 6.31. The van der Waals surface area contributed by atoms with E-state index in [0.717, 1.165) is 19.5 Å². The van der Waals surface area contributed by atoms with Crippen molar-refractivity contribution in [1.29, 1.82) is 0 Å². The van der Waals surface area contributed by atoms with E-state index >= 15 is 0 Å². The number of hydrogen-bond acceptors (Lipinski definition) is 3. The molecule has 2 rings (SSSR count). The third kappa shape index (κ3) is 2.11. The van der Waals surface area contributed by atoms with Crippen molar-refractivity contribution in [1.82, 2.24) is 10.3 Å². The number of rotatable bonds is 2. The van der Waals surface area contributed by atoms with Crippen LogP contribution >= 0.6 is 11.6 Å². The lowest BCUT2D eigenvalue weighted by Gasteiger charge is -2.11. The SMILES string of the molecule is Clc1cccnc1OC1CCNC1. The molecule has 1 aromatic rings. The van der Waals surface area contributed by atoms with Gasteiger partial charge >= 0.3 is 0 Å². The Hall–Kier alpha value is -0.800. The Morgan fingerprint density at radius 3 is 3.23 bits per heavy atom. The van der Waals surface area contributed by atoms with Crippen molar-refractivity contribution >= 4 is 11.6 Å². The normalized spacial score (nSPS) is 21.8. The lowest BCUT2D eigenvalue weighted by Crippen LogP contribution is -2.20. The van der Waals surface area contributed by atoms with Gasteiger partial charge in [-0.05, 0) is 25.1 Å². The molecule has 1 N–H and O–H groups in total. The van der Waals surface area contributed by atoms with Crippen molar-refractivity contribution in [3.63, 3.8) is 0 Å². The first-order valence-corrected chi connectivity index (χ1v) is 4.72. The quantitative estimate of drug-likeness (QED) is 0.782. The Bertz CT molecular complexity index is 287. The van der Waals surface area contributed by atoms with E-state index < -0.39 is 0 Å². The van der Waals surface area contributed by atoms with Crippen molar-refractivity contribution in [2.45, 2.75) is 12.5 Å². The fraction of sp³-hybridized carbons (Fsp3) is 0.444. The summed E-state index contributed by atoms with van der Waals surface area (Å²) in [5.41, 5.74) is 0. The van der Waals surface area contributed by atoms with Crippen LogP contribution in [0.15, 0.2) is 18.3 Å². The first-order valence-electron chi connectivity index (χ1n) is 4.34. The molecule has 4 heteroatoms. The minimum atomic E-state index is 0.215. The number of hydrogen-bond donors (Lipinski definition) is 1. The average molecular weight is 199 g/mol. The molecule has 0 saturated carbocycles. The van der Waals surface area contributed by atoms with Gasteiger partial charge in [0.1, 0.15) is 11.1 Å². The van der Waals surface area contributed by atoms with E-state index in [1.54, 1.807) is 18.3 Å². The van der Waals surface area contributed by atoms with Gasteiger partial charge in [0.05, 0.1) is 0 Å². The van der Waals surface area contributed by atoms with Gasteiger partial charge in [-0.1, -0.05) is 11.6 Å². The molecule has 0 radical (unpaired) electrons. The second-order valence-corrected chi connectivity index (χ2v) is 3.43. The van der Waals surface area contributed by atoms with Crippen molar-refractivity contribution < 1.29 is 4.74 Å². The van der Waals surface area contributed by atoms with Gasteiger partial charge in [-0.25, -0.2) is 4.98 Å². The molecule has 70 valence electrons. The highest BCUT2D eigenvalue weighted by Crippen LogP contribution is 2.22. The van der Waals surface area contributed by atoms with Gasteiger partial charge in [-0.2, -0.15) is 0 Å². The van der Waals surface area contributed by atoms with E-state index in [1.165, 1.54) is 0 Å². The molecule has 3 nitrogen and oxygen atoms in total. The molecule has 0 amide bonds. The van der Waals surface area contributed by atoms with E-state index in [9.17, 15) is 0 Å². The van der Waals surface area contributed by atoms with Crippen molar-refractivity contribution in [2.75, 3.05) is 13.1 Å². The lowest BCUT2D eigenvalue weighted by atomic mass is 10.3. The van der Waals surface area contributed by atoms with E-state index in [-0.39, 0.29) is 6.10 Å². The van der Waals surface area contributed by atoms with Gasteiger partial charge < -0.3 is 10.1 Å². The molecule has 1 aromatic heterocycles. The molecular formula is C9H11ClN2O. The topological polar surface area (TPSA) is 34.1 Å². The second-order valence-electron chi connectivity index (χ2n) is 3.02. The Morgan fingerprint density at radius 1 is 1.62 bits per heavy atom. The monoisotopic (exact) mass is 198 g/mol. The van der Waals surface area contributed by atoms with E-state index in [2.05, 4.69) is 10.3 Å². The molecule has 1 aliphatic heterocycles. The summed E-state index contributed by atoms with van der Waals surface area (Å²) in [7, 11) is 0. The van der Waals surface area contributed by atoms with Crippen LogP contribution in [0, 0.1) is 0 Å². The van der Waals surface area contributed by atoms with Crippen LogP contribution in [0.4, 0.5) is 0 Å². The minimum absolute atomic E-state index is 0.215. The van der Waals surface area contributed by atoms with Crippen LogP contribution in [0.25, 0.3) is 0 Å². The summed E-state index contributed by atoms with van der Waals surface area (Å²) in [5.74, 6) is 0.540. The molecule has 1 unspecified atom stereocenters. The summed E-state index contributed by atoms with van der Waals surface area (Å²) in [6.45, 7) is 1.89.